The van der Waals surface area contributed by atoms with Crippen molar-refractivity contribution in [2.24, 2.45) is 0 Å². The number of rotatable bonds is 2. The fourth-order valence-corrected chi connectivity index (χ4v) is 1.22. The van der Waals surface area contributed by atoms with E-state index >= 15 is 0 Å². The van der Waals surface area contributed by atoms with Crippen molar-refractivity contribution in [2.75, 3.05) is 0 Å². The van der Waals surface area contributed by atoms with E-state index in [1.165, 1.54) is 0 Å². The van der Waals surface area contributed by atoms with Crippen LogP contribution >= 0.6 is 0 Å². The van der Waals surface area contributed by atoms with Gasteiger partial charge in [0.25, 0.3) is 0 Å². The molecule has 2 heteroatoms. The van der Waals surface area contributed by atoms with Crippen LogP contribution in [0.5, 0.6) is 0 Å². The van der Waals surface area contributed by atoms with Gasteiger partial charge in [0, 0.05) is 0 Å². The third-order valence-corrected chi connectivity index (χ3v) is 1.47. The van der Waals surface area contributed by atoms with Gasteiger partial charge in [0.05, 0.1) is 0 Å². The van der Waals surface area contributed by atoms with Gasteiger partial charge in [-0.05, 0) is 0 Å². The van der Waals surface area contributed by atoms with Crippen molar-refractivity contribution >= 4 is 15.0 Å². The molecule has 0 saturated heterocycles. The van der Waals surface area contributed by atoms with Crippen LogP contribution in [0, 0.1) is 0 Å². The van der Waals surface area contributed by atoms with Gasteiger partial charge in [-0.15, -0.1) is 0 Å². The summed E-state index contributed by atoms with van der Waals surface area (Å²) in [5, 5.41) is 9.07. The molecule has 0 rings (SSSR count). The van der Waals surface area contributed by atoms with Crippen molar-refractivity contribution in [2.45, 2.75) is 25.3 Å². The molecule has 0 aromatic carbocycles. The third kappa shape index (κ3) is 6.22. The molecule has 0 fully saturated rings. The molecule has 0 amide bonds. The Morgan fingerprint density at radius 1 is 1.50 bits per heavy atom. The van der Waals surface area contributed by atoms with Crippen molar-refractivity contribution in [3.63, 3.8) is 0 Å². The Balaban J connectivity index is 3.52. The molecule has 8 heavy (non-hydrogen) atoms. The zero-order chi connectivity index (χ0) is 6.62. The van der Waals surface area contributed by atoms with Crippen LogP contribution in [0.4, 0.5) is 0 Å². The van der Waals surface area contributed by atoms with E-state index in [0.717, 1.165) is 0 Å². The molecule has 0 heterocycles. The van der Waals surface area contributed by atoms with Gasteiger partial charge in [0.15, 0.2) is 0 Å². The molecule has 0 aliphatic rings. The van der Waals surface area contributed by atoms with Crippen molar-refractivity contribution < 1.29 is 5.11 Å². The summed E-state index contributed by atoms with van der Waals surface area (Å²) in [6.07, 6.45) is 1.83. The second-order valence-corrected chi connectivity index (χ2v) is 3.75. The summed E-state index contributed by atoms with van der Waals surface area (Å²) in [5.74, 6) is 2.11. The maximum absolute atomic E-state index is 9.07. The monoisotopic (exact) mass is 180 g/mol. The van der Waals surface area contributed by atoms with Crippen LogP contribution in [0.3, 0.4) is 0 Å². The van der Waals surface area contributed by atoms with Crippen LogP contribution < -0.4 is 0 Å². The van der Waals surface area contributed by atoms with Gasteiger partial charge in [-0.3, -0.25) is 0 Å². The minimum absolute atomic E-state index is 0.542. The molecule has 0 aliphatic carbocycles. The number of hydrogen-bond donors (Lipinski definition) is 1. The van der Waals surface area contributed by atoms with E-state index in [2.05, 4.69) is 5.82 Å². The summed E-state index contributed by atoms with van der Waals surface area (Å²) in [6, 6.07) is 0. The number of aliphatic hydroxyl groups is 1. The second kappa shape index (κ2) is 3.29. The first-order valence-corrected chi connectivity index (χ1v) is 5.19. The third-order valence-electron chi connectivity index (χ3n) is 0.612. The summed E-state index contributed by atoms with van der Waals surface area (Å²) in [7, 11) is 0. The summed E-state index contributed by atoms with van der Waals surface area (Å²) in [4.78, 5) is 2.02. The molecule has 0 aromatic rings. The average Bonchev–Trinajstić information content (AvgIpc) is 1.59. The van der Waals surface area contributed by atoms with E-state index in [9.17, 15) is 0 Å². The average molecular weight is 179 g/mol. The maximum atomic E-state index is 9.07. The summed E-state index contributed by atoms with van der Waals surface area (Å²) in [6.45, 7) is 3.55. The molecule has 0 unspecified atom stereocenters. The quantitative estimate of drug-likeness (QED) is 0.627. The van der Waals surface area contributed by atoms with Gasteiger partial charge in [0.2, 0.25) is 0 Å². The molecule has 0 saturated carbocycles. The van der Waals surface area contributed by atoms with Gasteiger partial charge in [-0.25, -0.2) is 0 Å². The SMILES string of the molecule is C[Se]/C=C\C(C)(C)O. The Labute approximate surface area is 56.9 Å². The zero-order valence-corrected chi connectivity index (χ0v) is 7.22. The van der Waals surface area contributed by atoms with Gasteiger partial charge >= 0.3 is 56.4 Å². The van der Waals surface area contributed by atoms with Crippen LogP contribution in [-0.4, -0.2) is 25.7 Å². The Kier molecular flexibility index (Phi) is 3.38. The van der Waals surface area contributed by atoms with E-state index < -0.39 is 5.60 Å². The van der Waals surface area contributed by atoms with Crippen LogP contribution in [-0.2, 0) is 0 Å². The molecule has 0 radical (unpaired) electrons. The van der Waals surface area contributed by atoms with Gasteiger partial charge in [0.1, 0.15) is 0 Å². The molecule has 1 nitrogen and oxygen atoms in total. The van der Waals surface area contributed by atoms with E-state index in [-0.39, 0.29) is 0 Å². The molecule has 1 N–H and O–H groups in total. The molecule has 0 aliphatic heterocycles. The Hall–Kier alpha value is 0.219. The van der Waals surface area contributed by atoms with Crippen molar-refractivity contribution in [1.82, 2.24) is 0 Å². The Morgan fingerprint density at radius 2 is 2.00 bits per heavy atom. The first-order chi connectivity index (χ1) is 3.56. The van der Waals surface area contributed by atoms with Crippen LogP contribution in [0.1, 0.15) is 13.8 Å². The normalized spacial score (nSPS) is 13.0. The molecular formula is C6H12OSe. The van der Waals surface area contributed by atoms with Gasteiger partial charge in [-0.1, -0.05) is 0 Å². The Bertz CT molecular complexity index is 81.0. The molecule has 0 spiro atoms. The number of hydrogen-bond acceptors (Lipinski definition) is 1. The van der Waals surface area contributed by atoms with E-state index in [0.29, 0.717) is 15.0 Å². The summed E-state index contributed by atoms with van der Waals surface area (Å²) in [5.41, 5.74) is -0.613. The molecule has 0 bridgehead atoms. The molecule has 0 atom stereocenters. The topological polar surface area (TPSA) is 20.2 Å². The standard InChI is InChI=1S/C6H12OSe/c1-6(2,7)4-5-8-3/h4-5,7H,1-3H3/b5-4-. The van der Waals surface area contributed by atoms with Crippen LogP contribution in [0.15, 0.2) is 11.1 Å². The van der Waals surface area contributed by atoms with E-state index in [4.69, 9.17) is 5.11 Å². The van der Waals surface area contributed by atoms with E-state index in [1.807, 2.05) is 11.1 Å². The van der Waals surface area contributed by atoms with Gasteiger partial charge < -0.3 is 0 Å². The van der Waals surface area contributed by atoms with Crippen molar-refractivity contribution in [3.05, 3.63) is 11.1 Å². The minimum atomic E-state index is -0.613. The van der Waals surface area contributed by atoms with Gasteiger partial charge in [-0.2, -0.15) is 0 Å². The fraction of sp³-hybridized carbons (Fsp3) is 0.667. The van der Waals surface area contributed by atoms with Crippen LogP contribution in [0.25, 0.3) is 0 Å². The predicted octanol–water partition coefficient (Wildman–Crippen LogP) is 1.02. The summed E-state index contributed by atoms with van der Waals surface area (Å²) >= 11 is 0.542. The van der Waals surface area contributed by atoms with Crippen molar-refractivity contribution in [1.29, 1.82) is 0 Å². The predicted molar refractivity (Wildman–Crippen MR) is 37.1 cm³/mol. The zero-order valence-electron chi connectivity index (χ0n) is 5.51. The van der Waals surface area contributed by atoms with E-state index in [1.54, 1.807) is 13.8 Å². The molecule has 48 valence electrons. The molecule has 0 aromatic heterocycles. The fourth-order valence-electron chi connectivity index (χ4n) is 0.235. The van der Waals surface area contributed by atoms with Crippen molar-refractivity contribution in [3.8, 4) is 0 Å². The summed E-state index contributed by atoms with van der Waals surface area (Å²) < 4.78 is 0. The van der Waals surface area contributed by atoms with Crippen LogP contribution in [0.2, 0.25) is 5.82 Å². The first kappa shape index (κ1) is 8.22. The Morgan fingerprint density at radius 3 is 2.12 bits per heavy atom. The molecular weight excluding hydrogens is 167 g/mol. The first-order valence-electron chi connectivity index (χ1n) is 2.49. The second-order valence-electron chi connectivity index (χ2n) is 2.19.